The zero-order valence-electron chi connectivity index (χ0n) is 14.5. The molecule has 0 atom stereocenters. The maximum Gasteiger partial charge on any atom is 0.227 e. The molecule has 0 spiro atoms. The van der Waals surface area contributed by atoms with Crippen LogP contribution in [0.4, 0.5) is 15.9 Å². The van der Waals surface area contributed by atoms with E-state index in [1.165, 1.54) is 18.7 Å². The summed E-state index contributed by atoms with van der Waals surface area (Å²) in [4.78, 5) is 27.0. The van der Waals surface area contributed by atoms with Crippen LogP contribution in [0.1, 0.15) is 12.8 Å². The van der Waals surface area contributed by atoms with Crippen LogP contribution in [0.5, 0.6) is 0 Å². The Bertz CT molecular complexity index is 923. The predicted molar refractivity (Wildman–Crippen MR) is 96.9 cm³/mol. The molecule has 0 aliphatic carbocycles. The fourth-order valence-corrected chi connectivity index (χ4v) is 3.13. The Hall–Kier alpha value is -3.36. The van der Waals surface area contributed by atoms with Crippen molar-refractivity contribution in [3.8, 4) is 5.82 Å². The quantitative estimate of drug-likeness (QED) is 0.759. The van der Waals surface area contributed by atoms with E-state index in [2.05, 4.69) is 30.3 Å². The summed E-state index contributed by atoms with van der Waals surface area (Å²) in [5.41, 5.74) is 0.221. The molecular formula is C18H18FN7O. The van der Waals surface area contributed by atoms with Crippen molar-refractivity contribution in [2.75, 3.05) is 23.3 Å². The average molecular weight is 367 g/mol. The molecule has 1 fully saturated rings. The number of nitrogens with zero attached hydrogens (tertiary/aromatic N) is 6. The molecule has 27 heavy (non-hydrogen) atoms. The molecule has 0 radical (unpaired) electrons. The summed E-state index contributed by atoms with van der Waals surface area (Å²) in [6, 6.07) is 8.03. The Morgan fingerprint density at radius 3 is 2.63 bits per heavy atom. The smallest absolute Gasteiger partial charge is 0.227 e. The Morgan fingerprint density at radius 2 is 1.89 bits per heavy atom. The minimum Gasteiger partial charge on any atom is -0.356 e. The number of carbonyl (C=O) groups is 1. The third-order valence-electron chi connectivity index (χ3n) is 4.61. The van der Waals surface area contributed by atoms with Crippen LogP contribution in [0.3, 0.4) is 0 Å². The number of aromatic nitrogens is 5. The highest BCUT2D eigenvalue weighted by Crippen LogP contribution is 2.24. The number of nitrogens with one attached hydrogen (secondary N) is 1. The lowest BCUT2D eigenvalue weighted by Gasteiger charge is -2.32. The van der Waals surface area contributed by atoms with Crippen molar-refractivity contribution >= 4 is 17.4 Å². The molecule has 8 nitrogen and oxygen atoms in total. The van der Waals surface area contributed by atoms with E-state index < -0.39 is 5.82 Å². The van der Waals surface area contributed by atoms with Gasteiger partial charge < -0.3 is 10.2 Å². The number of rotatable bonds is 4. The monoisotopic (exact) mass is 367 g/mol. The van der Waals surface area contributed by atoms with Crippen LogP contribution in [0.2, 0.25) is 0 Å². The van der Waals surface area contributed by atoms with Crippen molar-refractivity contribution in [1.82, 2.24) is 24.7 Å². The van der Waals surface area contributed by atoms with Gasteiger partial charge in [-0.2, -0.15) is 5.10 Å². The van der Waals surface area contributed by atoms with Crippen molar-refractivity contribution in [3.63, 3.8) is 0 Å². The third kappa shape index (κ3) is 3.76. The van der Waals surface area contributed by atoms with E-state index in [9.17, 15) is 9.18 Å². The highest BCUT2D eigenvalue weighted by atomic mass is 19.1. The average Bonchev–Trinajstić information content (AvgIpc) is 3.25. The van der Waals surface area contributed by atoms with Crippen LogP contribution in [0.25, 0.3) is 5.82 Å². The van der Waals surface area contributed by atoms with Crippen LogP contribution < -0.4 is 10.2 Å². The summed E-state index contributed by atoms with van der Waals surface area (Å²) in [6.45, 7) is 1.37. The second-order valence-electron chi connectivity index (χ2n) is 6.30. The number of piperidine rings is 1. The minimum absolute atomic E-state index is 0.147. The fraction of sp³-hybridized carbons (Fsp3) is 0.278. The molecule has 2 aromatic heterocycles. The molecule has 3 aromatic rings. The van der Waals surface area contributed by atoms with Crippen molar-refractivity contribution in [1.29, 1.82) is 0 Å². The minimum atomic E-state index is -0.426. The molecule has 1 aliphatic heterocycles. The van der Waals surface area contributed by atoms with Crippen LogP contribution >= 0.6 is 0 Å². The van der Waals surface area contributed by atoms with Gasteiger partial charge in [-0.1, -0.05) is 12.1 Å². The molecule has 138 valence electrons. The van der Waals surface area contributed by atoms with E-state index in [1.807, 2.05) is 6.07 Å². The number of anilines is 2. The first-order valence-corrected chi connectivity index (χ1v) is 8.68. The molecule has 1 N–H and O–H groups in total. The van der Waals surface area contributed by atoms with Gasteiger partial charge >= 0.3 is 0 Å². The summed E-state index contributed by atoms with van der Waals surface area (Å²) in [5.74, 6) is 0.688. The number of amides is 1. The number of hydrogen-bond donors (Lipinski definition) is 1. The third-order valence-corrected chi connectivity index (χ3v) is 4.61. The Kier molecular flexibility index (Phi) is 4.73. The lowest BCUT2D eigenvalue weighted by atomic mass is 9.96. The first-order chi connectivity index (χ1) is 13.2. The topological polar surface area (TPSA) is 88.8 Å². The van der Waals surface area contributed by atoms with E-state index in [0.29, 0.717) is 31.7 Å². The summed E-state index contributed by atoms with van der Waals surface area (Å²) >= 11 is 0. The zero-order chi connectivity index (χ0) is 18.6. The van der Waals surface area contributed by atoms with Crippen LogP contribution in [0.15, 0.2) is 49.3 Å². The Balaban J connectivity index is 1.38. The summed E-state index contributed by atoms with van der Waals surface area (Å²) in [5, 5.41) is 6.75. The second-order valence-corrected chi connectivity index (χ2v) is 6.30. The van der Waals surface area contributed by atoms with Gasteiger partial charge in [0.15, 0.2) is 5.82 Å². The first-order valence-electron chi connectivity index (χ1n) is 8.68. The van der Waals surface area contributed by atoms with E-state index in [4.69, 9.17) is 0 Å². The van der Waals surface area contributed by atoms with Crippen LogP contribution in [-0.2, 0) is 4.79 Å². The van der Waals surface area contributed by atoms with Gasteiger partial charge in [0.05, 0.1) is 5.69 Å². The van der Waals surface area contributed by atoms with E-state index >= 15 is 0 Å². The molecule has 3 heterocycles. The first kappa shape index (κ1) is 17.1. The summed E-state index contributed by atoms with van der Waals surface area (Å²) in [7, 11) is 0. The molecule has 1 saturated heterocycles. The van der Waals surface area contributed by atoms with Gasteiger partial charge in [-0.05, 0) is 25.0 Å². The lowest BCUT2D eigenvalue weighted by molar-refractivity contribution is -0.120. The summed E-state index contributed by atoms with van der Waals surface area (Å²) in [6.07, 6.45) is 5.85. The Labute approximate surface area is 155 Å². The Morgan fingerprint density at radius 1 is 1.11 bits per heavy atom. The number of para-hydroxylation sites is 1. The fourth-order valence-electron chi connectivity index (χ4n) is 3.13. The van der Waals surface area contributed by atoms with Gasteiger partial charge in [-0.3, -0.25) is 4.79 Å². The SMILES string of the molecule is O=C(Nc1ccccc1F)C1CCN(c2cc(-n3cncn3)ncn2)CC1. The van der Waals surface area contributed by atoms with E-state index in [0.717, 1.165) is 5.82 Å². The van der Waals surface area contributed by atoms with Gasteiger partial charge in [0.25, 0.3) is 0 Å². The maximum absolute atomic E-state index is 13.7. The van der Waals surface area contributed by atoms with Crippen LogP contribution in [-0.4, -0.2) is 43.7 Å². The van der Waals surface area contributed by atoms with Crippen molar-refractivity contribution in [3.05, 3.63) is 55.1 Å². The van der Waals surface area contributed by atoms with Crippen LogP contribution in [0, 0.1) is 11.7 Å². The van der Waals surface area contributed by atoms with E-state index in [-0.39, 0.29) is 17.5 Å². The highest BCUT2D eigenvalue weighted by Gasteiger charge is 2.26. The van der Waals surface area contributed by atoms with Crippen molar-refractivity contribution in [2.24, 2.45) is 5.92 Å². The molecule has 1 aliphatic rings. The molecular weight excluding hydrogens is 349 g/mol. The number of halogens is 1. The highest BCUT2D eigenvalue weighted by molar-refractivity contribution is 5.92. The van der Waals surface area contributed by atoms with Gasteiger partial charge in [0.1, 0.15) is 30.6 Å². The van der Waals surface area contributed by atoms with E-state index in [1.54, 1.807) is 29.2 Å². The maximum atomic E-state index is 13.7. The van der Waals surface area contributed by atoms with Gasteiger partial charge in [0.2, 0.25) is 5.91 Å². The predicted octanol–water partition coefficient (Wildman–Crippen LogP) is 2.05. The number of hydrogen-bond acceptors (Lipinski definition) is 6. The molecule has 9 heteroatoms. The second kappa shape index (κ2) is 7.48. The number of carbonyl (C=O) groups excluding carboxylic acids is 1. The molecule has 0 unspecified atom stereocenters. The van der Waals surface area contributed by atoms with Crippen molar-refractivity contribution < 1.29 is 9.18 Å². The molecule has 0 bridgehead atoms. The van der Waals surface area contributed by atoms with Crippen molar-refractivity contribution in [2.45, 2.75) is 12.8 Å². The normalized spacial score (nSPS) is 14.9. The molecule has 0 saturated carbocycles. The molecule has 4 rings (SSSR count). The van der Waals surface area contributed by atoms with Gasteiger partial charge in [-0.25, -0.2) is 24.0 Å². The molecule has 1 amide bonds. The summed E-state index contributed by atoms with van der Waals surface area (Å²) < 4.78 is 15.3. The zero-order valence-corrected chi connectivity index (χ0v) is 14.5. The largest absolute Gasteiger partial charge is 0.356 e. The van der Waals surface area contributed by atoms with Gasteiger partial charge in [-0.15, -0.1) is 0 Å². The lowest BCUT2D eigenvalue weighted by Crippen LogP contribution is -2.38. The van der Waals surface area contributed by atoms with Gasteiger partial charge in [0, 0.05) is 25.1 Å². The standard InChI is InChI=1S/C18H18FN7O/c19-14-3-1-2-4-15(14)24-18(27)13-5-7-25(8-6-13)16-9-17(22-11-21-16)26-12-20-10-23-26/h1-4,9-13H,5-8H2,(H,24,27). The molecule has 1 aromatic carbocycles. The number of benzene rings is 1.